The van der Waals surface area contributed by atoms with E-state index in [-0.39, 0.29) is 26.7 Å². The molecular formula is C12H5Cl3F3NO2. The number of rotatable bonds is 3. The van der Waals surface area contributed by atoms with Crippen LogP contribution in [-0.2, 0) is 0 Å². The second kappa shape index (κ2) is 6.17. The SMILES string of the molecule is FC(F)(F)Oc1ccc(Oc2ccnc(Cl)c2Cl)c(Cl)c1. The molecule has 0 N–H and O–H groups in total. The first kappa shape index (κ1) is 16.0. The van der Waals surface area contributed by atoms with Gasteiger partial charge in [-0.3, -0.25) is 0 Å². The van der Waals surface area contributed by atoms with Crippen molar-refractivity contribution in [3.8, 4) is 17.2 Å². The molecule has 0 saturated heterocycles. The maximum absolute atomic E-state index is 12.1. The number of benzene rings is 1. The standard InChI is InChI=1S/C12H5Cl3F3NO2/c13-7-5-6(21-12(16,17)18)1-2-8(7)20-9-3-4-19-11(15)10(9)14/h1-5H. The van der Waals surface area contributed by atoms with Crippen molar-refractivity contribution in [2.45, 2.75) is 6.36 Å². The van der Waals surface area contributed by atoms with Crippen LogP contribution in [0.4, 0.5) is 13.2 Å². The molecule has 0 bridgehead atoms. The Morgan fingerprint density at radius 1 is 1.00 bits per heavy atom. The van der Waals surface area contributed by atoms with Crippen molar-refractivity contribution in [2.75, 3.05) is 0 Å². The Balaban J connectivity index is 2.24. The molecule has 1 aromatic heterocycles. The van der Waals surface area contributed by atoms with Gasteiger partial charge in [0.05, 0.1) is 5.02 Å². The first-order valence-electron chi connectivity index (χ1n) is 5.29. The number of hydrogen-bond donors (Lipinski definition) is 0. The number of halogens is 6. The van der Waals surface area contributed by atoms with E-state index in [1.165, 1.54) is 18.3 Å². The van der Waals surface area contributed by atoms with Crippen LogP contribution in [0, 0.1) is 0 Å². The minimum atomic E-state index is -4.80. The molecule has 0 aliphatic rings. The van der Waals surface area contributed by atoms with E-state index in [0.717, 1.165) is 12.1 Å². The van der Waals surface area contributed by atoms with Crippen molar-refractivity contribution in [1.29, 1.82) is 0 Å². The Hall–Kier alpha value is -1.37. The molecule has 0 unspecified atom stereocenters. The van der Waals surface area contributed by atoms with E-state index in [2.05, 4.69) is 9.72 Å². The third kappa shape index (κ3) is 4.30. The molecule has 0 saturated carbocycles. The summed E-state index contributed by atoms with van der Waals surface area (Å²) >= 11 is 17.4. The van der Waals surface area contributed by atoms with E-state index in [1.54, 1.807) is 0 Å². The lowest BCUT2D eigenvalue weighted by atomic mass is 10.3. The molecule has 9 heteroatoms. The summed E-state index contributed by atoms with van der Waals surface area (Å²) in [6.45, 7) is 0. The lowest BCUT2D eigenvalue weighted by Gasteiger charge is -2.12. The molecule has 0 aliphatic heterocycles. The van der Waals surface area contributed by atoms with E-state index in [0.29, 0.717) is 0 Å². The highest BCUT2D eigenvalue weighted by Gasteiger charge is 2.31. The van der Waals surface area contributed by atoms with Gasteiger partial charge in [0.1, 0.15) is 16.5 Å². The monoisotopic (exact) mass is 357 g/mol. The summed E-state index contributed by atoms with van der Waals surface area (Å²) in [4.78, 5) is 3.73. The fraction of sp³-hybridized carbons (Fsp3) is 0.0833. The predicted molar refractivity (Wildman–Crippen MR) is 72.5 cm³/mol. The van der Waals surface area contributed by atoms with Gasteiger partial charge >= 0.3 is 6.36 Å². The van der Waals surface area contributed by atoms with Crippen LogP contribution in [0.25, 0.3) is 0 Å². The molecule has 2 rings (SSSR count). The minimum absolute atomic E-state index is 0.0299. The van der Waals surface area contributed by atoms with Gasteiger partial charge in [0.25, 0.3) is 0 Å². The fourth-order valence-electron chi connectivity index (χ4n) is 1.36. The van der Waals surface area contributed by atoms with Gasteiger partial charge in [-0.15, -0.1) is 13.2 Å². The third-order valence-corrected chi connectivity index (χ3v) is 3.21. The Kier molecular flexibility index (Phi) is 4.70. The average molecular weight is 359 g/mol. The second-order valence-corrected chi connectivity index (χ2v) is 4.80. The van der Waals surface area contributed by atoms with Crippen molar-refractivity contribution in [3.63, 3.8) is 0 Å². The molecule has 0 spiro atoms. The van der Waals surface area contributed by atoms with Gasteiger partial charge in [0.2, 0.25) is 0 Å². The summed E-state index contributed by atoms with van der Waals surface area (Å²) in [7, 11) is 0. The number of hydrogen-bond acceptors (Lipinski definition) is 3. The molecule has 112 valence electrons. The first-order chi connectivity index (χ1) is 9.76. The van der Waals surface area contributed by atoms with Gasteiger partial charge in [-0.1, -0.05) is 34.8 Å². The van der Waals surface area contributed by atoms with Crippen LogP contribution in [0.5, 0.6) is 17.2 Å². The van der Waals surface area contributed by atoms with Crippen LogP contribution in [0.1, 0.15) is 0 Å². The summed E-state index contributed by atoms with van der Waals surface area (Å²) in [5, 5.41) is 0.00826. The molecule has 0 atom stereocenters. The number of pyridine rings is 1. The van der Waals surface area contributed by atoms with E-state index < -0.39 is 12.1 Å². The molecular weight excluding hydrogens is 353 g/mol. The molecule has 1 heterocycles. The van der Waals surface area contributed by atoms with E-state index >= 15 is 0 Å². The Bertz CT molecular complexity index is 665. The highest BCUT2D eigenvalue weighted by Crippen LogP contribution is 2.38. The van der Waals surface area contributed by atoms with Crippen LogP contribution in [0.3, 0.4) is 0 Å². The third-order valence-electron chi connectivity index (χ3n) is 2.17. The van der Waals surface area contributed by atoms with Crippen molar-refractivity contribution in [3.05, 3.63) is 45.7 Å². The normalized spacial score (nSPS) is 11.3. The first-order valence-corrected chi connectivity index (χ1v) is 6.43. The zero-order valence-corrected chi connectivity index (χ0v) is 12.2. The van der Waals surface area contributed by atoms with Crippen molar-refractivity contribution >= 4 is 34.8 Å². The quantitative estimate of drug-likeness (QED) is 0.656. The van der Waals surface area contributed by atoms with Crippen molar-refractivity contribution in [2.24, 2.45) is 0 Å². The Morgan fingerprint density at radius 2 is 1.71 bits per heavy atom. The maximum Gasteiger partial charge on any atom is 0.573 e. The zero-order chi connectivity index (χ0) is 15.6. The molecule has 0 aliphatic carbocycles. The molecule has 0 radical (unpaired) electrons. The minimum Gasteiger partial charge on any atom is -0.454 e. The van der Waals surface area contributed by atoms with Crippen molar-refractivity contribution < 1.29 is 22.6 Å². The summed E-state index contributed by atoms with van der Waals surface area (Å²) < 4.78 is 45.4. The number of ether oxygens (including phenoxy) is 2. The largest absolute Gasteiger partial charge is 0.573 e. The summed E-state index contributed by atoms with van der Waals surface area (Å²) in [5.41, 5.74) is 0. The zero-order valence-electron chi connectivity index (χ0n) is 9.92. The Morgan fingerprint density at radius 3 is 2.33 bits per heavy atom. The lowest BCUT2D eigenvalue weighted by molar-refractivity contribution is -0.274. The van der Waals surface area contributed by atoms with E-state index in [1.807, 2.05) is 0 Å². The molecule has 2 aromatic rings. The van der Waals surface area contributed by atoms with Crippen LogP contribution in [0.2, 0.25) is 15.2 Å². The smallest absolute Gasteiger partial charge is 0.454 e. The average Bonchev–Trinajstić information content (AvgIpc) is 2.36. The molecule has 1 aromatic carbocycles. The number of alkyl halides is 3. The molecule has 0 amide bonds. The van der Waals surface area contributed by atoms with Crippen LogP contribution in [-0.4, -0.2) is 11.3 Å². The lowest BCUT2D eigenvalue weighted by Crippen LogP contribution is -2.17. The number of aromatic nitrogens is 1. The van der Waals surface area contributed by atoms with Crippen LogP contribution >= 0.6 is 34.8 Å². The molecule has 0 fully saturated rings. The predicted octanol–water partition coefficient (Wildman–Crippen LogP) is 5.73. The van der Waals surface area contributed by atoms with Gasteiger partial charge in [0.15, 0.2) is 10.9 Å². The summed E-state index contributed by atoms with van der Waals surface area (Å²) in [6, 6.07) is 4.69. The van der Waals surface area contributed by atoms with Gasteiger partial charge in [-0.2, -0.15) is 0 Å². The highest BCUT2D eigenvalue weighted by molar-refractivity contribution is 6.42. The summed E-state index contributed by atoms with van der Waals surface area (Å²) in [6.07, 6.45) is -3.44. The van der Waals surface area contributed by atoms with Gasteiger partial charge < -0.3 is 9.47 Å². The maximum atomic E-state index is 12.1. The molecule has 3 nitrogen and oxygen atoms in total. The Labute approximate surface area is 132 Å². The van der Waals surface area contributed by atoms with Gasteiger partial charge in [-0.25, -0.2) is 4.98 Å². The van der Waals surface area contributed by atoms with Gasteiger partial charge in [0, 0.05) is 18.3 Å². The molecule has 21 heavy (non-hydrogen) atoms. The van der Waals surface area contributed by atoms with Crippen LogP contribution in [0.15, 0.2) is 30.5 Å². The fourth-order valence-corrected chi connectivity index (χ4v) is 1.87. The van der Waals surface area contributed by atoms with Gasteiger partial charge in [-0.05, 0) is 12.1 Å². The van der Waals surface area contributed by atoms with Crippen LogP contribution < -0.4 is 9.47 Å². The summed E-state index contributed by atoms with van der Waals surface area (Å²) in [5.74, 6) is -0.197. The highest BCUT2D eigenvalue weighted by atomic mass is 35.5. The van der Waals surface area contributed by atoms with E-state index in [4.69, 9.17) is 39.5 Å². The second-order valence-electron chi connectivity index (χ2n) is 3.66. The van der Waals surface area contributed by atoms with E-state index in [9.17, 15) is 13.2 Å². The van der Waals surface area contributed by atoms with Crippen molar-refractivity contribution in [1.82, 2.24) is 4.98 Å². The topological polar surface area (TPSA) is 31.4 Å². The number of nitrogens with zero attached hydrogens (tertiary/aromatic N) is 1.